The first kappa shape index (κ1) is 41.9. The fourth-order valence-electron chi connectivity index (χ4n) is 6.98. The molecule has 0 spiro atoms. The Labute approximate surface area is 363 Å². The molecule has 0 unspecified atom stereocenters. The quantitative estimate of drug-likeness (QED) is 0.151. The molecule has 4 heteroatoms. The van der Waals surface area contributed by atoms with Crippen molar-refractivity contribution in [1.82, 2.24) is 0 Å². The third-order valence-electron chi connectivity index (χ3n) is 9.91. The van der Waals surface area contributed by atoms with Crippen molar-refractivity contribution >= 4 is 59.6 Å². The van der Waals surface area contributed by atoms with Gasteiger partial charge in [-0.05, 0) is 68.5 Å². The largest absolute Gasteiger partial charge is 0.273 e. The molecule has 0 saturated heterocycles. The van der Waals surface area contributed by atoms with E-state index in [4.69, 9.17) is 34.8 Å². The Morgan fingerprint density at radius 1 is 0.607 bits per heavy atom. The summed E-state index contributed by atoms with van der Waals surface area (Å²) in [4.78, 5) is 0. The average Bonchev–Trinajstić information content (AvgIpc) is 3.87. The summed E-state index contributed by atoms with van der Waals surface area (Å²) in [7, 11) is 0. The summed E-state index contributed by atoms with van der Waals surface area (Å²) in [5.41, 5.74) is 10.3. The van der Waals surface area contributed by atoms with Crippen LogP contribution in [0.2, 0.25) is 15.1 Å². The van der Waals surface area contributed by atoms with Crippen molar-refractivity contribution in [2.24, 2.45) is 0 Å². The standard InChI is InChI=1S/C33H31Cl2.C14H11Cl.C5H5.Zr/c1-32(2,3)30-18-26-22(16-28(30)20-7-11-24(34)12-8-20)15-23-17-29(21-9-13-25(35)14-10-21)31(19-27(23)26)33(4,5)6;15-14-10-8-13(9-11-14)7-6-12-4-2-1-3-5-12;1-2-4-5-3-1;/h7-19H,1-6H3;1-5,8-11H,6H2;1-3H,4H2;/q-1;;-1;+2. The zero-order valence-electron chi connectivity index (χ0n) is 33.0. The van der Waals surface area contributed by atoms with Crippen LogP contribution in [0.3, 0.4) is 0 Å². The number of benzene rings is 6. The number of allylic oxidation sites excluding steroid dienone is 4. The maximum Gasteiger partial charge on any atom is -0.109 e. The Balaban J connectivity index is 0.000000207. The molecule has 280 valence electrons. The minimum atomic E-state index is 0.00283. The molecule has 0 aromatic heterocycles. The predicted octanol–water partition coefficient (Wildman–Crippen LogP) is 15.9. The van der Waals surface area contributed by atoms with Crippen molar-refractivity contribution in [3.05, 3.63) is 195 Å². The molecule has 0 radical (unpaired) electrons. The molecule has 7 aromatic carbocycles. The van der Waals surface area contributed by atoms with E-state index in [1.54, 1.807) is 0 Å². The van der Waals surface area contributed by atoms with E-state index in [-0.39, 0.29) is 10.8 Å². The van der Waals surface area contributed by atoms with E-state index in [9.17, 15) is 0 Å². The molecule has 0 aliphatic heterocycles. The van der Waals surface area contributed by atoms with Crippen LogP contribution in [0.1, 0.15) is 70.2 Å². The topological polar surface area (TPSA) is 0 Å². The summed E-state index contributed by atoms with van der Waals surface area (Å²) in [5, 5.41) is 7.49. The number of fused-ring (bicyclic) bond motifs is 3. The fraction of sp³-hybridized carbons (Fsp3) is 0.192. The van der Waals surface area contributed by atoms with Crippen molar-refractivity contribution in [2.75, 3.05) is 0 Å². The molecule has 0 nitrogen and oxygen atoms in total. The van der Waals surface area contributed by atoms with Crippen molar-refractivity contribution in [3.63, 3.8) is 0 Å². The van der Waals surface area contributed by atoms with E-state index in [1.165, 1.54) is 93.5 Å². The predicted molar refractivity (Wildman–Crippen MR) is 243 cm³/mol. The number of hydrogen-bond acceptors (Lipinski definition) is 0. The van der Waals surface area contributed by atoms with Gasteiger partial charge in [0.1, 0.15) is 0 Å². The second-order valence-electron chi connectivity index (χ2n) is 16.3. The van der Waals surface area contributed by atoms with Crippen LogP contribution in [0.25, 0.3) is 43.8 Å². The number of halogens is 3. The Kier molecular flexibility index (Phi) is 13.7. The molecular weight excluding hydrogens is 822 g/mol. The minimum absolute atomic E-state index is 0.00283. The van der Waals surface area contributed by atoms with Gasteiger partial charge in [-0.3, -0.25) is 6.08 Å². The molecule has 0 amide bonds. The Morgan fingerprint density at radius 2 is 1.05 bits per heavy atom. The second-order valence-corrected chi connectivity index (χ2v) is 19.1. The van der Waals surface area contributed by atoms with Crippen LogP contribution < -0.4 is 0 Å². The van der Waals surface area contributed by atoms with Crippen molar-refractivity contribution in [2.45, 2.75) is 65.2 Å². The van der Waals surface area contributed by atoms with Gasteiger partial charge in [-0.2, -0.15) is 6.08 Å². The van der Waals surface area contributed by atoms with E-state index >= 15 is 0 Å². The van der Waals surface area contributed by atoms with Gasteiger partial charge in [-0.15, -0.1) is 46.2 Å². The van der Waals surface area contributed by atoms with Gasteiger partial charge >= 0.3 is 116 Å². The zero-order chi connectivity index (χ0) is 40.0. The third kappa shape index (κ3) is 10.6. The summed E-state index contributed by atoms with van der Waals surface area (Å²) in [6.07, 6.45) is 11.0. The summed E-state index contributed by atoms with van der Waals surface area (Å²) < 4.78 is 1.45. The van der Waals surface area contributed by atoms with Gasteiger partial charge in [0.15, 0.2) is 0 Å². The van der Waals surface area contributed by atoms with Crippen LogP contribution in [0.4, 0.5) is 0 Å². The molecule has 7 aromatic rings. The van der Waals surface area contributed by atoms with E-state index in [2.05, 4.69) is 151 Å². The Hall–Kier alpha value is -3.71. The Morgan fingerprint density at radius 3 is 1.43 bits per heavy atom. The van der Waals surface area contributed by atoms with Gasteiger partial charge in [0.2, 0.25) is 0 Å². The second kappa shape index (κ2) is 18.3. The van der Waals surface area contributed by atoms with Gasteiger partial charge in [0, 0.05) is 10.0 Å². The minimum Gasteiger partial charge on any atom is -0.273 e. The van der Waals surface area contributed by atoms with Crippen molar-refractivity contribution < 1.29 is 24.2 Å². The van der Waals surface area contributed by atoms with Crippen LogP contribution in [0.15, 0.2) is 152 Å². The Bertz CT molecular complexity index is 2360. The van der Waals surface area contributed by atoms with Gasteiger partial charge in [0.25, 0.3) is 0 Å². The molecule has 0 bridgehead atoms. The third-order valence-corrected chi connectivity index (χ3v) is 11.8. The number of rotatable bonds is 5. The first-order valence-electron chi connectivity index (χ1n) is 19.0. The van der Waals surface area contributed by atoms with Crippen molar-refractivity contribution in [1.29, 1.82) is 0 Å². The SMILES string of the molecule is CC(C)(C)c1cc2c(cc1-c1ccc(Cl)cc1)[cH-]c1cc(-c3ccc(Cl)cc3)c(C(C)(C)C)cc12.Clc1ccc([C](=[Zr+2])Cc2ccccc2)cc1.[C-]1=CC=CC1. The zero-order valence-corrected chi connectivity index (χ0v) is 37.7. The first-order valence-corrected chi connectivity index (χ1v) is 21.4. The van der Waals surface area contributed by atoms with E-state index < -0.39 is 0 Å². The maximum atomic E-state index is 6.20. The molecule has 1 aliphatic rings. The van der Waals surface area contributed by atoms with Crippen LogP contribution in [-0.2, 0) is 41.5 Å². The monoisotopic (exact) mass is 866 g/mol. The van der Waals surface area contributed by atoms with Gasteiger partial charge < -0.3 is 0 Å². The average molecular weight is 870 g/mol. The van der Waals surface area contributed by atoms with Crippen LogP contribution >= 0.6 is 34.8 Å². The molecule has 1 aliphatic carbocycles. The molecule has 0 saturated carbocycles. The molecule has 0 N–H and O–H groups in total. The van der Waals surface area contributed by atoms with Crippen LogP contribution in [0.5, 0.6) is 0 Å². The van der Waals surface area contributed by atoms with Crippen LogP contribution in [0, 0.1) is 6.08 Å². The van der Waals surface area contributed by atoms with Gasteiger partial charge in [-0.25, -0.2) is 12.2 Å². The van der Waals surface area contributed by atoms with E-state index in [0.29, 0.717) is 0 Å². The summed E-state index contributed by atoms with van der Waals surface area (Å²) in [5.74, 6) is 0. The maximum absolute atomic E-state index is 6.20. The number of hydrogen-bond donors (Lipinski definition) is 0. The van der Waals surface area contributed by atoms with Gasteiger partial charge in [0.05, 0.1) is 0 Å². The molecule has 56 heavy (non-hydrogen) atoms. The fourth-order valence-corrected chi connectivity index (χ4v) is 8.27. The van der Waals surface area contributed by atoms with Crippen molar-refractivity contribution in [3.8, 4) is 22.3 Å². The summed E-state index contributed by atoms with van der Waals surface area (Å²) >= 11 is 19.7. The summed E-state index contributed by atoms with van der Waals surface area (Å²) in [6, 6.07) is 46.9. The molecule has 8 rings (SSSR count). The summed E-state index contributed by atoms with van der Waals surface area (Å²) in [6.45, 7) is 13.7. The molecule has 0 heterocycles. The smallest absolute Gasteiger partial charge is 0.109 e. The molecular formula is C52H47Cl3Zr. The van der Waals surface area contributed by atoms with Crippen LogP contribution in [-0.4, -0.2) is 3.21 Å². The van der Waals surface area contributed by atoms with E-state index in [1.807, 2.05) is 48.6 Å². The molecule has 0 atom stereocenters. The van der Waals surface area contributed by atoms with Gasteiger partial charge in [-0.1, -0.05) is 101 Å². The normalized spacial score (nSPS) is 12.3. The molecule has 0 fully saturated rings. The van der Waals surface area contributed by atoms with E-state index in [0.717, 1.165) is 27.9 Å². The first-order chi connectivity index (χ1) is 26.7.